The fourth-order valence-electron chi connectivity index (χ4n) is 1.45. The number of carboxylic acid groups (broad SMARTS) is 1. The van der Waals surface area contributed by atoms with Crippen LogP contribution in [0.2, 0.25) is 0 Å². The second-order valence-electron chi connectivity index (χ2n) is 4.43. The van der Waals surface area contributed by atoms with Gasteiger partial charge in [0.1, 0.15) is 13.1 Å². The summed E-state index contributed by atoms with van der Waals surface area (Å²) in [6.45, 7) is 0.702. The van der Waals surface area contributed by atoms with Crippen LogP contribution >= 0.6 is 0 Å². The molecule has 0 heterocycles. The van der Waals surface area contributed by atoms with Crippen LogP contribution in [0, 0.1) is 0 Å². The molecular formula is C11H19F3N2O4. The lowest BCUT2D eigenvalue weighted by Crippen LogP contribution is -2.51. The van der Waals surface area contributed by atoms with Gasteiger partial charge in [0.2, 0.25) is 0 Å². The Hall–Kier alpha value is -1.51. The van der Waals surface area contributed by atoms with Crippen molar-refractivity contribution in [2.75, 3.05) is 33.4 Å². The minimum Gasteiger partial charge on any atom is -0.480 e. The summed E-state index contributed by atoms with van der Waals surface area (Å²) in [6, 6.07) is -1.68. The van der Waals surface area contributed by atoms with Crippen molar-refractivity contribution in [3.05, 3.63) is 0 Å². The summed E-state index contributed by atoms with van der Waals surface area (Å²) in [5.41, 5.74) is 0. The standard InChI is InChI=1S/C11H19F3N2O4/c1-8(2)16(7-11(12,13)14)10(19)15(4-5-20-3)6-9(17)18/h8H,4-7H2,1-3H3,(H,17,18). The lowest BCUT2D eigenvalue weighted by atomic mass is 10.3. The number of halogens is 3. The molecule has 20 heavy (non-hydrogen) atoms. The first-order chi connectivity index (χ1) is 9.08. The number of alkyl halides is 3. The van der Waals surface area contributed by atoms with Gasteiger partial charge in [0, 0.05) is 19.7 Å². The molecule has 0 atom stereocenters. The normalized spacial score (nSPS) is 11.6. The number of carbonyl (C=O) groups excluding carboxylic acids is 1. The van der Waals surface area contributed by atoms with E-state index >= 15 is 0 Å². The van der Waals surface area contributed by atoms with E-state index in [0.717, 1.165) is 4.90 Å². The van der Waals surface area contributed by atoms with Gasteiger partial charge in [-0.05, 0) is 13.8 Å². The molecule has 0 aromatic heterocycles. The van der Waals surface area contributed by atoms with Crippen molar-refractivity contribution in [3.8, 4) is 0 Å². The Morgan fingerprint density at radius 2 is 1.85 bits per heavy atom. The van der Waals surface area contributed by atoms with Crippen LogP contribution in [0.25, 0.3) is 0 Å². The number of carbonyl (C=O) groups is 2. The minimum absolute atomic E-state index is 0.0387. The number of hydrogen-bond donors (Lipinski definition) is 1. The van der Waals surface area contributed by atoms with E-state index in [9.17, 15) is 22.8 Å². The van der Waals surface area contributed by atoms with Gasteiger partial charge < -0.3 is 19.6 Å². The topological polar surface area (TPSA) is 70.1 Å². The first-order valence-electron chi connectivity index (χ1n) is 5.91. The van der Waals surface area contributed by atoms with Crippen molar-refractivity contribution in [2.24, 2.45) is 0 Å². The van der Waals surface area contributed by atoms with E-state index in [0.29, 0.717) is 4.90 Å². The van der Waals surface area contributed by atoms with Crippen molar-refractivity contribution in [1.29, 1.82) is 0 Å². The number of ether oxygens (including phenoxy) is 1. The molecule has 0 fully saturated rings. The molecule has 0 bridgehead atoms. The molecule has 0 spiro atoms. The number of hydrogen-bond acceptors (Lipinski definition) is 3. The molecule has 0 aliphatic rings. The van der Waals surface area contributed by atoms with E-state index in [4.69, 9.17) is 9.84 Å². The first kappa shape index (κ1) is 18.5. The molecule has 118 valence electrons. The molecule has 0 rings (SSSR count). The van der Waals surface area contributed by atoms with Crippen LogP contribution in [-0.4, -0.2) is 72.5 Å². The van der Waals surface area contributed by atoms with Crippen LogP contribution in [-0.2, 0) is 9.53 Å². The predicted molar refractivity (Wildman–Crippen MR) is 64.4 cm³/mol. The predicted octanol–water partition coefficient (Wildman–Crippen LogP) is 1.41. The SMILES string of the molecule is COCCN(CC(=O)O)C(=O)N(CC(F)(F)F)C(C)C. The molecule has 0 aliphatic carbocycles. The number of carboxylic acids is 1. The summed E-state index contributed by atoms with van der Waals surface area (Å²) in [5, 5.41) is 8.71. The molecule has 0 saturated heterocycles. The van der Waals surface area contributed by atoms with Crippen molar-refractivity contribution >= 4 is 12.0 Å². The number of methoxy groups -OCH3 is 1. The van der Waals surface area contributed by atoms with Gasteiger partial charge in [0.15, 0.2) is 0 Å². The molecule has 0 saturated carbocycles. The summed E-state index contributed by atoms with van der Waals surface area (Å²) in [5.74, 6) is -1.30. The van der Waals surface area contributed by atoms with Crippen LogP contribution in [0.15, 0.2) is 0 Å². The van der Waals surface area contributed by atoms with Gasteiger partial charge in [-0.15, -0.1) is 0 Å². The Labute approximate surface area is 115 Å². The number of urea groups is 1. The molecular weight excluding hydrogens is 281 g/mol. The molecule has 0 aromatic carbocycles. The second-order valence-corrected chi connectivity index (χ2v) is 4.43. The Morgan fingerprint density at radius 3 is 2.20 bits per heavy atom. The van der Waals surface area contributed by atoms with E-state index in [-0.39, 0.29) is 13.2 Å². The zero-order chi connectivity index (χ0) is 15.9. The van der Waals surface area contributed by atoms with Crippen LogP contribution in [0.3, 0.4) is 0 Å². The zero-order valence-corrected chi connectivity index (χ0v) is 11.6. The van der Waals surface area contributed by atoms with E-state index < -0.39 is 37.3 Å². The Kier molecular flexibility index (Phi) is 7.33. The third kappa shape index (κ3) is 7.17. The van der Waals surface area contributed by atoms with Crippen LogP contribution in [0.1, 0.15) is 13.8 Å². The quantitative estimate of drug-likeness (QED) is 0.772. The van der Waals surface area contributed by atoms with Gasteiger partial charge in [-0.2, -0.15) is 13.2 Å². The summed E-state index contributed by atoms with van der Waals surface area (Å²) < 4.78 is 42.1. The summed E-state index contributed by atoms with van der Waals surface area (Å²) in [6.07, 6.45) is -4.55. The monoisotopic (exact) mass is 300 g/mol. The van der Waals surface area contributed by atoms with E-state index in [1.54, 1.807) is 0 Å². The number of rotatable bonds is 7. The van der Waals surface area contributed by atoms with Crippen molar-refractivity contribution in [2.45, 2.75) is 26.1 Å². The maximum atomic E-state index is 12.5. The smallest absolute Gasteiger partial charge is 0.406 e. The van der Waals surface area contributed by atoms with Gasteiger partial charge in [0.05, 0.1) is 6.61 Å². The third-order valence-electron chi connectivity index (χ3n) is 2.38. The Balaban J connectivity index is 4.99. The third-order valence-corrected chi connectivity index (χ3v) is 2.38. The Bertz CT molecular complexity index is 334. The molecule has 0 aliphatic heterocycles. The van der Waals surface area contributed by atoms with Gasteiger partial charge >= 0.3 is 18.2 Å². The second kappa shape index (κ2) is 7.93. The van der Waals surface area contributed by atoms with Crippen molar-refractivity contribution in [3.63, 3.8) is 0 Å². The largest absolute Gasteiger partial charge is 0.480 e. The Morgan fingerprint density at radius 1 is 1.30 bits per heavy atom. The van der Waals surface area contributed by atoms with Crippen LogP contribution < -0.4 is 0 Å². The molecule has 0 unspecified atom stereocenters. The first-order valence-corrected chi connectivity index (χ1v) is 5.91. The average molecular weight is 300 g/mol. The maximum Gasteiger partial charge on any atom is 0.406 e. The highest BCUT2D eigenvalue weighted by atomic mass is 19.4. The highest BCUT2D eigenvalue weighted by Crippen LogP contribution is 2.19. The van der Waals surface area contributed by atoms with Crippen molar-refractivity contribution in [1.82, 2.24) is 9.80 Å². The summed E-state index contributed by atoms with van der Waals surface area (Å²) in [4.78, 5) is 24.1. The molecule has 1 N–H and O–H groups in total. The van der Waals surface area contributed by atoms with Gasteiger partial charge in [-0.1, -0.05) is 0 Å². The van der Waals surface area contributed by atoms with Gasteiger partial charge in [0.25, 0.3) is 0 Å². The number of nitrogens with zero attached hydrogens (tertiary/aromatic N) is 2. The average Bonchev–Trinajstić information content (AvgIpc) is 2.28. The van der Waals surface area contributed by atoms with E-state index in [1.165, 1.54) is 21.0 Å². The van der Waals surface area contributed by atoms with Crippen LogP contribution in [0.4, 0.5) is 18.0 Å². The minimum atomic E-state index is -4.55. The lowest BCUT2D eigenvalue weighted by Gasteiger charge is -2.33. The molecule has 9 heteroatoms. The summed E-state index contributed by atoms with van der Waals surface area (Å²) in [7, 11) is 1.35. The van der Waals surface area contributed by atoms with Crippen LogP contribution in [0.5, 0.6) is 0 Å². The highest BCUT2D eigenvalue weighted by Gasteiger charge is 2.36. The molecule has 6 nitrogen and oxygen atoms in total. The van der Waals surface area contributed by atoms with E-state index in [2.05, 4.69) is 0 Å². The van der Waals surface area contributed by atoms with Gasteiger partial charge in [-0.25, -0.2) is 4.79 Å². The zero-order valence-electron chi connectivity index (χ0n) is 11.6. The molecule has 0 aromatic rings. The molecule has 0 radical (unpaired) electrons. The van der Waals surface area contributed by atoms with Gasteiger partial charge in [-0.3, -0.25) is 4.79 Å². The maximum absolute atomic E-state index is 12.5. The van der Waals surface area contributed by atoms with E-state index in [1.807, 2.05) is 0 Å². The number of amides is 2. The molecule has 2 amide bonds. The number of aliphatic carboxylic acids is 1. The fourth-order valence-corrected chi connectivity index (χ4v) is 1.45. The van der Waals surface area contributed by atoms with Crippen molar-refractivity contribution < 1.29 is 32.6 Å². The summed E-state index contributed by atoms with van der Waals surface area (Å²) >= 11 is 0. The highest BCUT2D eigenvalue weighted by molar-refractivity contribution is 5.80. The lowest BCUT2D eigenvalue weighted by molar-refractivity contribution is -0.144. The fraction of sp³-hybridized carbons (Fsp3) is 0.818.